The first kappa shape index (κ1) is 21.7. The largest absolute Gasteiger partial charge is 0.494 e. The maximum Gasteiger partial charge on any atom is 0.260 e. The van der Waals surface area contributed by atoms with E-state index >= 15 is 0 Å². The quantitative estimate of drug-likeness (QED) is 0.364. The zero-order chi connectivity index (χ0) is 22.7. The number of nitrogens with zero attached hydrogens (tertiary/aromatic N) is 4. The fraction of sp³-hybridized carbons (Fsp3) is 0.250. The van der Waals surface area contributed by atoms with Crippen LogP contribution in [-0.2, 0) is 6.54 Å². The van der Waals surface area contributed by atoms with Gasteiger partial charge in [-0.1, -0.05) is 29.5 Å². The maximum absolute atomic E-state index is 13.5. The molecular weight excluding hydrogens is 424 g/mol. The van der Waals surface area contributed by atoms with Gasteiger partial charge in [-0.25, -0.2) is 9.97 Å². The molecule has 4 rings (SSSR count). The number of rotatable bonds is 8. The van der Waals surface area contributed by atoms with Crippen LogP contribution in [0.4, 0.5) is 5.13 Å². The van der Waals surface area contributed by atoms with E-state index in [1.165, 1.54) is 18.3 Å². The van der Waals surface area contributed by atoms with Gasteiger partial charge in [0.1, 0.15) is 11.3 Å². The highest BCUT2D eigenvalue weighted by Gasteiger charge is 2.23. The molecule has 2 aromatic heterocycles. The van der Waals surface area contributed by atoms with E-state index in [1.54, 1.807) is 48.8 Å². The molecule has 0 unspecified atom stereocenters. The Bertz CT molecular complexity index is 1250. The molecule has 4 aromatic rings. The number of ether oxygens (including phenoxy) is 1. The summed E-state index contributed by atoms with van der Waals surface area (Å²) in [7, 11) is 1.62. The monoisotopic (exact) mass is 448 g/mol. The second kappa shape index (κ2) is 9.32. The summed E-state index contributed by atoms with van der Waals surface area (Å²) in [4.78, 5) is 35.7. The highest BCUT2D eigenvalue weighted by molar-refractivity contribution is 7.22. The van der Waals surface area contributed by atoms with Gasteiger partial charge in [0.05, 0.1) is 18.1 Å². The molecule has 164 valence electrons. The van der Waals surface area contributed by atoms with Crippen LogP contribution >= 0.6 is 11.3 Å². The minimum Gasteiger partial charge on any atom is -0.494 e. The smallest absolute Gasteiger partial charge is 0.260 e. The minimum atomic E-state index is -0.151. The molecule has 1 amide bonds. The number of thiazole rings is 1. The number of methoxy groups -OCH3 is 1. The van der Waals surface area contributed by atoms with Crippen molar-refractivity contribution in [3.05, 3.63) is 71.8 Å². The molecule has 7 nitrogen and oxygen atoms in total. The number of ketones is 1. The number of benzene rings is 2. The van der Waals surface area contributed by atoms with Gasteiger partial charge in [0.2, 0.25) is 0 Å². The van der Waals surface area contributed by atoms with Gasteiger partial charge in [-0.15, -0.1) is 0 Å². The van der Waals surface area contributed by atoms with Gasteiger partial charge in [-0.3, -0.25) is 14.5 Å². The van der Waals surface area contributed by atoms with Gasteiger partial charge in [-0.2, -0.15) is 0 Å². The number of aryl methyl sites for hydroxylation is 2. The molecule has 0 saturated carbocycles. The second-order valence-corrected chi connectivity index (χ2v) is 8.48. The van der Waals surface area contributed by atoms with Crippen molar-refractivity contribution < 1.29 is 14.3 Å². The fourth-order valence-electron chi connectivity index (χ4n) is 3.50. The van der Waals surface area contributed by atoms with Crippen LogP contribution in [0.5, 0.6) is 5.75 Å². The van der Waals surface area contributed by atoms with Gasteiger partial charge < -0.3 is 9.30 Å². The number of hydrogen-bond donors (Lipinski definition) is 0. The van der Waals surface area contributed by atoms with Crippen molar-refractivity contribution in [2.75, 3.05) is 18.6 Å². The highest BCUT2D eigenvalue weighted by atomic mass is 32.1. The predicted octanol–water partition coefficient (Wildman–Crippen LogP) is 4.75. The molecule has 0 aliphatic rings. The number of aromatic nitrogens is 3. The van der Waals surface area contributed by atoms with E-state index in [1.807, 2.05) is 29.8 Å². The Morgan fingerprint density at radius 2 is 1.88 bits per heavy atom. The van der Waals surface area contributed by atoms with Crippen LogP contribution in [0.15, 0.2) is 55.1 Å². The van der Waals surface area contributed by atoms with E-state index in [-0.39, 0.29) is 11.7 Å². The van der Waals surface area contributed by atoms with Crippen LogP contribution in [0.2, 0.25) is 0 Å². The molecule has 0 fully saturated rings. The summed E-state index contributed by atoms with van der Waals surface area (Å²) in [6.45, 7) is 4.76. The molecule has 0 radical (unpaired) electrons. The first-order valence-corrected chi connectivity index (χ1v) is 11.1. The molecule has 0 N–H and O–H groups in total. The summed E-state index contributed by atoms with van der Waals surface area (Å²) in [5.74, 6) is 0.501. The molecule has 2 heterocycles. The molecule has 8 heteroatoms. The van der Waals surface area contributed by atoms with Gasteiger partial charge >= 0.3 is 0 Å². The topological polar surface area (TPSA) is 77.3 Å². The number of carbonyl (C=O) groups excluding carboxylic acids is 2. The van der Waals surface area contributed by atoms with E-state index in [0.717, 1.165) is 28.7 Å². The van der Waals surface area contributed by atoms with E-state index < -0.39 is 0 Å². The summed E-state index contributed by atoms with van der Waals surface area (Å²) in [6, 6.07) is 10.7. The number of anilines is 1. The number of amides is 1. The van der Waals surface area contributed by atoms with E-state index in [9.17, 15) is 9.59 Å². The lowest BCUT2D eigenvalue weighted by atomic mass is 10.1. The number of imidazole rings is 1. The van der Waals surface area contributed by atoms with Crippen molar-refractivity contribution in [1.82, 2.24) is 14.5 Å². The average molecular weight is 449 g/mol. The molecule has 32 heavy (non-hydrogen) atoms. The lowest BCUT2D eigenvalue weighted by Gasteiger charge is -2.20. The fourth-order valence-corrected chi connectivity index (χ4v) is 4.57. The first-order valence-electron chi connectivity index (χ1n) is 10.3. The normalized spacial score (nSPS) is 11.0. The Balaban J connectivity index is 1.68. The van der Waals surface area contributed by atoms with Crippen LogP contribution in [0.1, 0.15) is 39.6 Å². The minimum absolute atomic E-state index is 0.0325. The Labute approximate surface area is 190 Å². The third kappa shape index (κ3) is 4.40. The summed E-state index contributed by atoms with van der Waals surface area (Å²) in [6.07, 6.45) is 6.14. The Morgan fingerprint density at radius 1 is 1.12 bits per heavy atom. The third-order valence-corrected chi connectivity index (χ3v) is 6.50. The van der Waals surface area contributed by atoms with Crippen LogP contribution in [-0.4, -0.2) is 39.9 Å². The zero-order valence-electron chi connectivity index (χ0n) is 18.2. The Hall–Kier alpha value is -3.52. The van der Waals surface area contributed by atoms with Crippen molar-refractivity contribution in [1.29, 1.82) is 0 Å². The number of fused-ring (bicyclic) bond motifs is 1. The summed E-state index contributed by atoms with van der Waals surface area (Å²) in [5.41, 5.74) is 2.93. The standard InChI is InChI=1S/C24H24N4O3S/c1-16-5-10-20(31-3)21-22(16)32-24(26-21)28(13-4-12-27-14-11-25-15-27)23(30)19-8-6-18(7-9-19)17(2)29/h5-11,14-15H,4,12-13H2,1-3H3. The Kier molecular flexibility index (Phi) is 6.32. The van der Waals surface area contributed by atoms with Crippen molar-refractivity contribution in [2.24, 2.45) is 0 Å². The summed E-state index contributed by atoms with van der Waals surface area (Å²) >= 11 is 1.48. The van der Waals surface area contributed by atoms with Gasteiger partial charge in [-0.05, 0) is 44.0 Å². The highest BCUT2D eigenvalue weighted by Crippen LogP contribution is 2.37. The third-order valence-electron chi connectivity index (χ3n) is 5.28. The van der Waals surface area contributed by atoms with Crippen LogP contribution in [0, 0.1) is 6.92 Å². The molecule has 0 spiro atoms. The van der Waals surface area contributed by atoms with Crippen molar-refractivity contribution >= 4 is 38.4 Å². The van der Waals surface area contributed by atoms with E-state index in [2.05, 4.69) is 4.98 Å². The van der Waals surface area contributed by atoms with Gasteiger partial charge in [0.25, 0.3) is 5.91 Å². The summed E-state index contributed by atoms with van der Waals surface area (Å²) in [5, 5.41) is 0.624. The van der Waals surface area contributed by atoms with E-state index in [4.69, 9.17) is 9.72 Å². The Morgan fingerprint density at radius 3 is 2.53 bits per heavy atom. The van der Waals surface area contributed by atoms with Crippen molar-refractivity contribution in [3.8, 4) is 5.75 Å². The molecule has 0 atom stereocenters. The predicted molar refractivity (Wildman–Crippen MR) is 126 cm³/mol. The molecular formula is C24H24N4O3S. The van der Waals surface area contributed by atoms with E-state index in [0.29, 0.717) is 28.6 Å². The van der Waals surface area contributed by atoms with Gasteiger partial charge in [0.15, 0.2) is 10.9 Å². The lowest BCUT2D eigenvalue weighted by molar-refractivity contribution is 0.0982. The average Bonchev–Trinajstić information content (AvgIpc) is 3.47. The molecule has 0 aliphatic heterocycles. The van der Waals surface area contributed by atoms with Gasteiger partial charge in [0, 0.05) is 36.6 Å². The molecule has 0 aliphatic carbocycles. The number of carbonyl (C=O) groups is 2. The first-order chi connectivity index (χ1) is 15.5. The van der Waals surface area contributed by atoms with Crippen LogP contribution in [0.25, 0.3) is 10.2 Å². The zero-order valence-corrected chi connectivity index (χ0v) is 19.1. The van der Waals surface area contributed by atoms with Crippen LogP contribution < -0.4 is 9.64 Å². The van der Waals surface area contributed by atoms with Crippen LogP contribution in [0.3, 0.4) is 0 Å². The lowest BCUT2D eigenvalue weighted by Crippen LogP contribution is -2.32. The maximum atomic E-state index is 13.5. The van der Waals surface area contributed by atoms with Crippen molar-refractivity contribution in [2.45, 2.75) is 26.8 Å². The molecule has 2 aromatic carbocycles. The van der Waals surface area contributed by atoms with Crippen molar-refractivity contribution in [3.63, 3.8) is 0 Å². The molecule has 0 bridgehead atoms. The number of Topliss-reactive ketones (excluding diaryl/α,β-unsaturated/α-hetero) is 1. The molecule has 0 saturated heterocycles. The SMILES string of the molecule is COc1ccc(C)c2sc(N(CCCn3ccnc3)C(=O)c3ccc(C(C)=O)cc3)nc12. The summed E-state index contributed by atoms with van der Waals surface area (Å²) < 4.78 is 8.47. The second-order valence-electron chi connectivity index (χ2n) is 7.50. The number of hydrogen-bond acceptors (Lipinski definition) is 6.